The Hall–Kier alpha value is -0.810. The Bertz CT molecular complexity index is 280. The van der Waals surface area contributed by atoms with Crippen LogP contribution in [-0.2, 0) is 0 Å². The lowest BCUT2D eigenvalue weighted by atomic mass is 10.3. The molecular weight excluding hydrogens is 141 g/mol. The summed E-state index contributed by atoms with van der Waals surface area (Å²) < 4.78 is 0. The van der Waals surface area contributed by atoms with Crippen LogP contribution in [0.4, 0.5) is 5.69 Å². The van der Waals surface area contributed by atoms with Gasteiger partial charge in [-0.3, -0.25) is 0 Å². The van der Waals surface area contributed by atoms with E-state index in [1.807, 2.05) is 0 Å². The highest BCUT2D eigenvalue weighted by molar-refractivity contribution is 7.64. The average molecular weight is 150 g/mol. The van der Waals surface area contributed by atoms with Crippen molar-refractivity contribution >= 4 is 24.8 Å². The average Bonchev–Trinajstić information content (AvgIpc) is 2.34. The Morgan fingerprint density at radius 1 is 1.40 bits per heavy atom. The van der Waals surface area contributed by atoms with Crippen LogP contribution in [0.25, 0.3) is 0 Å². The SMILES string of the molecule is C=[P+]1CNc2ccccc21. The zero-order chi connectivity index (χ0) is 6.97. The molecule has 0 amide bonds. The molecule has 0 saturated carbocycles. The van der Waals surface area contributed by atoms with Crippen LogP contribution in [0, 0.1) is 0 Å². The van der Waals surface area contributed by atoms with E-state index in [1.165, 1.54) is 11.0 Å². The normalized spacial score (nSPS) is 18.2. The maximum Gasteiger partial charge on any atom is 0.180 e. The van der Waals surface area contributed by atoms with Gasteiger partial charge in [-0.05, 0) is 12.1 Å². The zero-order valence-corrected chi connectivity index (χ0v) is 6.57. The molecule has 0 bridgehead atoms. The van der Waals surface area contributed by atoms with Gasteiger partial charge in [-0.15, -0.1) is 0 Å². The molecule has 2 heteroatoms. The highest BCUT2D eigenvalue weighted by atomic mass is 31.1. The monoisotopic (exact) mass is 150 g/mol. The maximum atomic E-state index is 4.08. The van der Waals surface area contributed by atoms with Crippen LogP contribution in [0.15, 0.2) is 24.3 Å². The number of benzene rings is 1. The smallest absolute Gasteiger partial charge is 0.180 e. The quantitative estimate of drug-likeness (QED) is 0.554. The fourth-order valence-corrected chi connectivity index (χ4v) is 2.49. The van der Waals surface area contributed by atoms with E-state index in [-0.39, 0.29) is 7.55 Å². The molecule has 2 rings (SSSR count). The summed E-state index contributed by atoms with van der Waals surface area (Å²) in [6, 6.07) is 8.41. The van der Waals surface area contributed by atoms with Gasteiger partial charge in [0, 0.05) is 0 Å². The van der Waals surface area contributed by atoms with Crippen LogP contribution in [0.3, 0.4) is 0 Å². The lowest BCUT2D eigenvalue weighted by molar-refractivity contribution is 1.52. The Labute approximate surface area is 61.5 Å². The number of nitrogens with one attached hydrogen (secondary N) is 1. The minimum absolute atomic E-state index is 0.142. The van der Waals surface area contributed by atoms with Crippen LogP contribution >= 0.6 is 7.55 Å². The van der Waals surface area contributed by atoms with E-state index < -0.39 is 0 Å². The molecular formula is C8H9NP+. The first kappa shape index (κ1) is 5.94. The molecule has 1 heterocycles. The van der Waals surface area contributed by atoms with Gasteiger partial charge < -0.3 is 5.32 Å². The van der Waals surface area contributed by atoms with Gasteiger partial charge in [0.1, 0.15) is 7.55 Å². The van der Waals surface area contributed by atoms with Gasteiger partial charge >= 0.3 is 0 Å². The van der Waals surface area contributed by atoms with Crippen molar-refractivity contribution in [1.29, 1.82) is 0 Å². The van der Waals surface area contributed by atoms with Gasteiger partial charge in [-0.2, -0.15) is 0 Å². The number of fused-ring (bicyclic) bond motifs is 1. The van der Waals surface area contributed by atoms with E-state index in [0.29, 0.717) is 0 Å². The van der Waals surface area contributed by atoms with Gasteiger partial charge in [0.2, 0.25) is 0 Å². The fraction of sp³-hybridized carbons (Fsp3) is 0.125. The van der Waals surface area contributed by atoms with Crippen LogP contribution < -0.4 is 10.6 Å². The summed E-state index contributed by atoms with van der Waals surface area (Å²) in [5.74, 6) is 0. The van der Waals surface area contributed by atoms with E-state index in [1.54, 1.807) is 0 Å². The van der Waals surface area contributed by atoms with Crippen LogP contribution in [0.2, 0.25) is 0 Å². The molecule has 1 aromatic carbocycles. The molecule has 0 aliphatic carbocycles. The minimum Gasteiger partial charge on any atom is -0.344 e. The molecule has 1 aliphatic rings. The number of hydrogen-bond acceptors (Lipinski definition) is 1. The third kappa shape index (κ3) is 0.748. The van der Waals surface area contributed by atoms with E-state index >= 15 is 0 Å². The summed E-state index contributed by atoms with van der Waals surface area (Å²) in [7, 11) is -0.142. The van der Waals surface area contributed by atoms with Crippen molar-refractivity contribution in [3.63, 3.8) is 0 Å². The summed E-state index contributed by atoms with van der Waals surface area (Å²) in [5, 5.41) is 4.73. The molecule has 0 saturated heterocycles. The summed E-state index contributed by atoms with van der Waals surface area (Å²) in [6.45, 7) is 0. The third-order valence-electron chi connectivity index (χ3n) is 1.71. The minimum atomic E-state index is -0.142. The second-order valence-corrected chi connectivity index (χ2v) is 4.27. The first-order chi connectivity index (χ1) is 4.88. The summed E-state index contributed by atoms with van der Waals surface area (Å²) in [6.07, 6.45) is 5.13. The Kier molecular flexibility index (Phi) is 1.25. The van der Waals surface area contributed by atoms with Crippen molar-refractivity contribution in [3.8, 4) is 0 Å². The van der Waals surface area contributed by atoms with Gasteiger partial charge in [-0.1, -0.05) is 12.1 Å². The van der Waals surface area contributed by atoms with Crippen LogP contribution in [0.5, 0.6) is 0 Å². The molecule has 1 aromatic rings. The third-order valence-corrected chi connectivity index (χ3v) is 3.32. The predicted molar refractivity (Wildman–Crippen MR) is 48.6 cm³/mol. The van der Waals surface area contributed by atoms with Crippen molar-refractivity contribution in [2.75, 3.05) is 11.6 Å². The molecule has 0 aromatic heterocycles. The van der Waals surface area contributed by atoms with Gasteiger partial charge in [0.05, 0.1) is 12.0 Å². The first-order valence-corrected chi connectivity index (χ1v) is 5.00. The van der Waals surface area contributed by atoms with Crippen LogP contribution in [0.1, 0.15) is 0 Å². The van der Waals surface area contributed by atoms with Crippen molar-refractivity contribution in [1.82, 2.24) is 0 Å². The van der Waals surface area contributed by atoms with Crippen molar-refractivity contribution in [2.45, 2.75) is 0 Å². The molecule has 0 radical (unpaired) electrons. The fourth-order valence-electron chi connectivity index (χ4n) is 1.16. The molecule has 0 fully saturated rings. The van der Waals surface area contributed by atoms with Gasteiger partial charge in [-0.25, -0.2) is 0 Å². The summed E-state index contributed by atoms with van der Waals surface area (Å²) >= 11 is 0. The highest BCUT2D eigenvalue weighted by Crippen LogP contribution is 2.29. The number of rotatable bonds is 0. The molecule has 10 heavy (non-hydrogen) atoms. The molecule has 1 nitrogen and oxygen atoms in total. The molecule has 0 spiro atoms. The van der Waals surface area contributed by atoms with Crippen LogP contribution in [-0.4, -0.2) is 12.6 Å². The lowest BCUT2D eigenvalue weighted by Crippen LogP contribution is -1.92. The second-order valence-electron chi connectivity index (χ2n) is 2.39. The van der Waals surface area contributed by atoms with E-state index in [0.717, 1.165) is 6.29 Å². The zero-order valence-electron chi connectivity index (χ0n) is 5.67. The van der Waals surface area contributed by atoms with E-state index in [4.69, 9.17) is 0 Å². The first-order valence-electron chi connectivity index (χ1n) is 3.29. The molecule has 50 valence electrons. The number of anilines is 1. The summed E-state index contributed by atoms with van der Waals surface area (Å²) in [4.78, 5) is 0. The van der Waals surface area contributed by atoms with Crippen molar-refractivity contribution in [3.05, 3.63) is 24.3 Å². The lowest BCUT2D eigenvalue weighted by Gasteiger charge is -1.88. The largest absolute Gasteiger partial charge is 0.344 e. The standard InChI is InChI=1S/C8H9NP/c1-10-6-9-7-4-2-3-5-8(7)10/h2-5,9H,1,6H2/q+1. The van der Waals surface area contributed by atoms with E-state index in [9.17, 15) is 0 Å². The van der Waals surface area contributed by atoms with Gasteiger partial charge in [0.25, 0.3) is 0 Å². The predicted octanol–water partition coefficient (Wildman–Crippen LogP) is 1.61. The maximum absolute atomic E-state index is 4.08. The Morgan fingerprint density at radius 3 is 3.00 bits per heavy atom. The number of para-hydroxylation sites is 1. The molecule has 1 unspecified atom stereocenters. The molecule has 1 N–H and O–H groups in total. The van der Waals surface area contributed by atoms with E-state index in [2.05, 4.69) is 35.9 Å². The Morgan fingerprint density at radius 2 is 2.20 bits per heavy atom. The topological polar surface area (TPSA) is 12.0 Å². The molecule has 1 atom stereocenters. The van der Waals surface area contributed by atoms with Crippen molar-refractivity contribution in [2.24, 2.45) is 0 Å². The highest BCUT2D eigenvalue weighted by Gasteiger charge is 2.22. The second kappa shape index (κ2) is 2.10. The number of hydrogen-bond donors (Lipinski definition) is 1. The summed E-state index contributed by atoms with van der Waals surface area (Å²) in [5.41, 5.74) is 1.28. The van der Waals surface area contributed by atoms with Gasteiger partial charge in [0.15, 0.2) is 11.6 Å². The molecule has 1 aliphatic heterocycles. The van der Waals surface area contributed by atoms with Crippen molar-refractivity contribution < 1.29 is 0 Å². The Balaban J connectivity index is 2.61.